The Morgan fingerprint density at radius 2 is 2.16 bits per heavy atom. The first-order valence-electron chi connectivity index (χ1n) is 6.54. The molecule has 1 aromatic rings. The molecule has 25 heavy (non-hydrogen) atoms. The molecule has 0 saturated carbocycles. The predicted octanol–water partition coefficient (Wildman–Crippen LogP) is 2.04. The molecule has 7 nitrogen and oxygen atoms in total. The van der Waals surface area contributed by atoms with Crippen molar-refractivity contribution in [3.63, 3.8) is 0 Å². The Kier molecular flexibility index (Phi) is 6.17. The molecule has 0 bridgehead atoms. The van der Waals surface area contributed by atoms with Gasteiger partial charge in [-0.3, -0.25) is 10.1 Å². The van der Waals surface area contributed by atoms with Crippen molar-refractivity contribution in [3.8, 4) is 5.75 Å². The van der Waals surface area contributed by atoms with Gasteiger partial charge in [-0.05, 0) is 23.9 Å². The number of alkyl halides is 2. The highest BCUT2D eigenvalue weighted by molar-refractivity contribution is 8.18. The zero-order valence-corrected chi connectivity index (χ0v) is 13.4. The lowest BCUT2D eigenvalue weighted by atomic mass is 10.2. The van der Waals surface area contributed by atoms with Gasteiger partial charge in [-0.1, -0.05) is 6.07 Å². The fourth-order valence-corrected chi connectivity index (χ4v) is 2.36. The van der Waals surface area contributed by atoms with Crippen molar-refractivity contribution < 1.29 is 32.2 Å². The Labute approximate surface area is 143 Å². The van der Waals surface area contributed by atoms with E-state index in [2.05, 4.69) is 25.0 Å². The van der Waals surface area contributed by atoms with Crippen LogP contribution in [0, 0.1) is 5.82 Å². The second-order valence-electron chi connectivity index (χ2n) is 4.27. The van der Waals surface area contributed by atoms with Crippen LogP contribution >= 0.6 is 11.8 Å². The lowest BCUT2D eigenvalue weighted by Crippen LogP contribution is -2.19. The quantitative estimate of drug-likeness (QED) is 0.369. The summed E-state index contributed by atoms with van der Waals surface area (Å²) in [4.78, 5) is 22.7. The highest BCUT2D eigenvalue weighted by atomic mass is 32.2. The van der Waals surface area contributed by atoms with Crippen LogP contribution in [0.5, 0.6) is 5.75 Å². The van der Waals surface area contributed by atoms with E-state index in [1.807, 2.05) is 0 Å². The molecule has 1 aliphatic heterocycles. The van der Waals surface area contributed by atoms with Crippen LogP contribution in [-0.2, 0) is 14.3 Å². The summed E-state index contributed by atoms with van der Waals surface area (Å²) in [6.45, 7) is -3.20. The van der Waals surface area contributed by atoms with Gasteiger partial charge in [0, 0.05) is 11.6 Å². The van der Waals surface area contributed by atoms with Crippen molar-refractivity contribution >= 4 is 35.0 Å². The Bertz CT molecular complexity index is 781. The lowest BCUT2D eigenvalue weighted by Gasteiger charge is -2.07. The summed E-state index contributed by atoms with van der Waals surface area (Å²) in [7, 11) is 1.16. The van der Waals surface area contributed by atoms with Gasteiger partial charge in [0.25, 0.3) is 5.91 Å². The summed E-state index contributed by atoms with van der Waals surface area (Å²) >= 11 is 0.826. The van der Waals surface area contributed by atoms with Crippen molar-refractivity contribution in [2.75, 3.05) is 7.11 Å². The zero-order valence-electron chi connectivity index (χ0n) is 12.5. The van der Waals surface area contributed by atoms with Crippen molar-refractivity contribution in [2.24, 2.45) is 10.2 Å². The number of benzene rings is 1. The molecule has 0 aromatic heterocycles. The number of esters is 1. The molecule has 1 N–H and O–H groups in total. The lowest BCUT2D eigenvalue weighted by molar-refractivity contribution is -0.135. The second kappa shape index (κ2) is 8.33. The number of methoxy groups -OCH3 is 1. The largest absolute Gasteiger partial charge is 0.466 e. The molecule has 0 spiro atoms. The standard InChI is InChI=1S/C14H10F3N3O4S/c1-23-10(21)5-9-12(22)19-14(25-9)20-18-6-7-3-2-4-8(15)11(7)24-13(16)17/h2-6,13H,1H3,(H,19,20,22)/b9-5+,18-6?. The minimum absolute atomic E-state index is 0.0455. The molecule has 1 fully saturated rings. The number of amidine groups is 1. The first kappa shape index (κ1) is 18.5. The highest BCUT2D eigenvalue weighted by Gasteiger charge is 2.25. The maximum Gasteiger partial charge on any atom is 0.387 e. The van der Waals surface area contributed by atoms with Crippen LogP contribution in [0.15, 0.2) is 39.4 Å². The van der Waals surface area contributed by atoms with E-state index in [0.29, 0.717) is 0 Å². The molecular weight excluding hydrogens is 363 g/mol. The number of carbonyl (C=O) groups excluding carboxylic acids is 2. The van der Waals surface area contributed by atoms with Gasteiger partial charge < -0.3 is 9.47 Å². The molecule has 0 radical (unpaired) electrons. The van der Waals surface area contributed by atoms with Gasteiger partial charge in [-0.15, -0.1) is 5.10 Å². The average Bonchev–Trinajstić information content (AvgIpc) is 2.89. The first-order valence-corrected chi connectivity index (χ1v) is 7.35. The third kappa shape index (κ3) is 5.08. The number of hydrogen-bond acceptors (Lipinski definition) is 7. The summed E-state index contributed by atoms with van der Waals surface area (Å²) in [5.41, 5.74) is -0.0655. The number of thioether (sulfide) groups is 1. The summed E-state index contributed by atoms with van der Waals surface area (Å²) in [6.07, 6.45) is 1.97. The van der Waals surface area contributed by atoms with Crippen LogP contribution in [0.2, 0.25) is 0 Å². The number of hydrogen-bond donors (Lipinski definition) is 1. The van der Waals surface area contributed by atoms with E-state index in [4.69, 9.17) is 0 Å². The zero-order chi connectivity index (χ0) is 18.4. The van der Waals surface area contributed by atoms with Gasteiger partial charge in [-0.2, -0.15) is 13.9 Å². The molecule has 1 heterocycles. The third-order valence-electron chi connectivity index (χ3n) is 2.65. The van der Waals surface area contributed by atoms with E-state index in [9.17, 15) is 22.8 Å². The molecule has 132 valence electrons. The van der Waals surface area contributed by atoms with Crippen LogP contribution < -0.4 is 10.1 Å². The fraction of sp³-hybridized carbons (Fsp3) is 0.143. The molecule has 2 rings (SSSR count). The van der Waals surface area contributed by atoms with E-state index in [0.717, 1.165) is 37.2 Å². The second-order valence-corrected chi connectivity index (χ2v) is 5.30. The SMILES string of the molecule is COC(=O)/C=C1/S/C(=N\N=Cc2cccc(F)c2OC(F)F)NC1=O. The maximum absolute atomic E-state index is 13.5. The maximum atomic E-state index is 13.5. The van der Waals surface area contributed by atoms with Gasteiger partial charge >= 0.3 is 12.6 Å². The Hall–Kier alpha value is -2.82. The van der Waals surface area contributed by atoms with Crippen LogP contribution in [-0.4, -0.2) is 37.0 Å². The van der Waals surface area contributed by atoms with Gasteiger partial charge in [0.1, 0.15) is 0 Å². The normalized spacial score (nSPS) is 17.6. The Morgan fingerprint density at radius 3 is 2.84 bits per heavy atom. The summed E-state index contributed by atoms with van der Waals surface area (Å²) in [5, 5.41) is 9.64. The number of nitrogens with one attached hydrogen (secondary N) is 1. The summed E-state index contributed by atoms with van der Waals surface area (Å²) in [6, 6.07) is 3.54. The molecule has 0 unspecified atom stereocenters. The number of carbonyl (C=O) groups is 2. The molecule has 11 heteroatoms. The first-order chi connectivity index (χ1) is 11.9. The van der Waals surface area contributed by atoms with Gasteiger partial charge in [-0.25, -0.2) is 9.18 Å². The molecule has 1 aromatic carbocycles. The average molecular weight is 373 g/mol. The van der Waals surface area contributed by atoms with E-state index in [1.54, 1.807) is 0 Å². The van der Waals surface area contributed by atoms with E-state index >= 15 is 0 Å². The minimum atomic E-state index is -3.20. The van der Waals surface area contributed by atoms with Gasteiger partial charge in [0.15, 0.2) is 16.7 Å². The van der Waals surface area contributed by atoms with Crippen LogP contribution in [0.3, 0.4) is 0 Å². The number of para-hydroxylation sites is 1. The van der Waals surface area contributed by atoms with Crippen molar-refractivity contribution in [1.82, 2.24) is 5.32 Å². The number of halogens is 3. The van der Waals surface area contributed by atoms with E-state index < -0.39 is 30.1 Å². The molecule has 0 atom stereocenters. The summed E-state index contributed by atoms with van der Waals surface area (Å²) < 4.78 is 46.7. The van der Waals surface area contributed by atoms with Crippen LogP contribution in [0.25, 0.3) is 0 Å². The predicted molar refractivity (Wildman–Crippen MR) is 83.9 cm³/mol. The molecular formula is C14H10F3N3O4S. The van der Waals surface area contributed by atoms with Crippen LogP contribution in [0.1, 0.15) is 5.56 Å². The summed E-state index contributed by atoms with van der Waals surface area (Å²) in [5.74, 6) is -2.94. The molecule has 1 aliphatic rings. The van der Waals surface area contributed by atoms with E-state index in [-0.39, 0.29) is 15.6 Å². The smallest absolute Gasteiger partial charge is 0.387 e. The third-order valence-corrected chi connectivity index (χ3v) is 3.55. The molecule has 1 amide bonds. The van der Waals surface area contributed by atoms with Crippen molar-refractivity contribution in [1.29, 1.82) is 0 Å². The van der Waals surface area contributed by atoms with Crippen molar-refractivity contribution in [3.05, 3.63) is 40.6 Å². The van der Waals surface area contributed by atoms with Gasteiger partial charge in [0.2, 0.25) is 0 Å². The van der Waals surface area contributed by atoms with E-state index in [1.165, 1.54) is 12.1 Å². The number of amides is 1. The monoisotopic (exact) mass is 373 g/mol. The minimum Gasteiger partial charge on any atom is -0.466 e. The fourth-order valence-electron chi connectivity index (χ4n) is 1.63. The van der Waals surface area contributed by atoms with Crippen LogP contribution in [0.4, 0.5) is 13.2 Å². The Morgan fingerprint density at radius 1 is 1.40 bits per heavy atom. The number of ether oxygens (including phenoxy) is 2. The topological polar surface area (TPSA) is 89.3 Å². The number of rotatable bonds is 5. The molecule has 1 saturated heterocycles. The number of nitrogens with zero attached hydrogens (tertiary/aromatic N) is 2. The molecule has 0 aliphatic carbocycles. The van der Waals surface area contributed by atoms with Crippen molar-refractivity contribution in [2.45, 2.75) is 6.61 Å². The highest BCUT2D eigenvalue weighted by Crippen LogP contribution is 2.25. The Balaban J connectivity index is 2.15. The van der Waals surface area contributed by atoms with Gasteiger partial charge in [0.05, 0.1) is 18.2 Å².